The molecule has 7 heteroatoms. The number of carbonyl (C=O) groups is 1. The Morgan fingerprint density at radius 2 is 1.79 bits per heavy atom. The number of oxazole rings is 1. The highest BCUT2D eigenvalue weighted by molar-refractivity contribution is 5.95. The Balaban J connectivity index is 2.14. The van der Waals surface area contributed by atoms with Gasteiger partial charge in [0.25, 0.3) is 5.69 Å². The number of nitro benzene ring substituents is 1. The summed E-state index contributed by atoms with van der Waals surface area (Å²) in [5.74, 6) is -0.478. The van der Waals surface area contributed by atoms with E-state index in [9.17, 15) is 14.9 Å². The minimum absolute atomic E-state index is 0.0129. The molecule has 150 valence electrons. The molecule has 0 amide bonds. The van der Waals surface area contributed by atoms with Crippen LogP contribution >= 0.6 is 0 Å². The van der Waals surface area contributed by atoms with Gasteiger partial charge >= 0.3 is 5.97 Å². The molecular weight excluding hydrogens is 372 g/mol. The average Bonchev–Trinajstić information content (AvgIpc) is 3.13. The molecule has 7 nitrogen and oxygen atoms in total. The first-order valence-corrected chi connectivity index (χ1v) is 9.25. The van der Waals surface area contributed by atoms with Gasteiger partial charge in [0.15, 0.2) is 11.5 Å². The summed E-state index contributed by atoms with van der Waals surface area (Å²) in [6.07, 6.45) is 0. The van der Waals surface area contributed by atoms with Crippen LogP contribution in [0.3, 0.4) is 0 Å². The number of nitro groups is 1. The summed E-state index contributed by atoms with van der Waals surface area (Å²) in [6.45, 7) is 8.16. The Morgan fingerprint density at radius 1 is 1.14 bits per heavy atom. The lowest BCUT2D eigenvalue weighted by Crippen LogP contribution is -2.10. The van der Waals surface area contributed by atoms with Crippen molar-refractivity contribution in [2.45, 2.75) is 33.1 Å². The predicted molar refractivity (Wildman–Crippen MR) is 109 cm³/mol. The minimum Gasteiger partial charge on any atom is -0.461 e. The van der Waals surface area contributed by atoms with Gasteiger partial charge in [-0.2, -0.15) is 0 Å². The SMILES string of the molecule is CCOC(=O)c1nc(-c2ccc(C(C)(C)C)cc2)oc1-c1ccccc1[N+](=O)[O-]. The summed E-state index contributed by atoms with van der Waals surface area (Å²) in [4.78, 5) is 27.7. The maximum atomic E-state index is 12.4. The second kappa shape index (κ2) is 7.87. The summed E-state index contributed by atoms with van der Waals surface area (Å²) in [6, 6.07) is 13.7. The van der Waals surface area contributed by atoms with Crippen LogP contribution in [0.4, 0.5) is 5.69 Å². The lowest BCUT2D eigenvalue weighted by Gasteiger charge is -2.18. The van der Waals surface area contributed by atoms with E-state index in [4.69, 9.17) is 9.15 Å². The zero-order valence-corrected chi connectivity index (χ0v) is 16.8. The number of ether oxygens (including phenoxy) is 1. The average molecular weight is 394 g/mol. The number of rotatable bonds is 5. The minimum atomic E-state index is -0.693. The van der Waals surface area contributed by atoms with Gasteiger partial charge in [0.2, 0.25) is 5.89 Å². The number of nitrogens with zero attached hydrogens (tertiary/aromatic N) is 2. The lowest BCUT2D eigenvalue weighted by molar-refractivity contribution is -0.384. The summed E-state index contributed by atoms with van der Waals surface area (Å²) in [5, 5.41) is 11.4. The van der Waals surface area contributed by atoms with Gasteiger partial charge < -0.3 is 9.15 Å². The Hall–Kier alpha value is -3.48. The van der Waals surface area contributed by atoms with Crippen LogP contribution in [0.2, 0.25) is 0 Å². The van der Waals surface area contributed by atoms with Crippen LogP contribution < -0.4 is 0 Å². The standard InChI is InChI=1S/C22H22N2O5/c1-5-28-21(25)18-19(16-8-6-7-9-17(16)24(26)27)29-20(23-18)14-10-12-15(13-11-14)22(2,3)4/h6-13H,5H2,1-4H3. The summed E-state index contributed by atoms with van der Waals surface area (Å²) in [5.41, 5.74) is 1.69. The zero-order chi connectivity index (χ0) is 21.2. The Bertz CT molecular complexity index is 1050. The van der Waals surface area contributed by atoms with Crippen molar-refractivity contribution >= 4 is 11.7 Å². The lowest BCUT2D eigenvalue weighted by atomic mass is 9.87. The summed E-state index contributed by atoms with van der Waals surface area (Å²) in [7, 11) is 0. The number of carbonyl (C=O) groups excluding carboxylic acids is 1. The number of para-hydroxylation sites is 1. The molecular formula is C22H22N2O5. The maximum Gasteiger partial charge on any atom is 0.361 e. The van der Waals surface area contributed by atoms with E-state index in [0.717, 1.165) is 5.56 Å². The van der Waals surface area contributed by atoms with Crippen molar-refractivity contribution in [3.05, 3.63) is 69.9 Å². The first-order chi connectivity index (χ1) is 13.7. The van der Waals surface area contributed by atoms with E-state index in [1.54, 1.807) is 19.1 Å². The third-order valence-corrected chi connectivity index (χ3v) is 4.44. The number of hydrogen-bond donors (Lipinski definition) is 0. The van der Waals surface area contributed by atoms with Crippen molar-refractivity contribution in [1.82, 2.24) is 4.98 Å². The van der Waals surface area contributed by atoms with E-state index in [1.165, 1.54) is 12.1 Å². The molecule has 3 aromatic rings. The fourth-order valence-corrected chi connectivity index (χ4v) is 2.90. The highest BCUT2D eigenvalue weighted by Crippen LogP contribution is 2.36. The van der Waals surface area contributed by atoms with Crippen LogP contribution in [-0.4, -0.2) is 22.5 Å². The van der Waals surface area contributed by atoms with Gasteiger partial charge in [0.1, 0.15) is 0 Å². The highest BCUT2D eigenvalue weighted by Gasteiger charge is 2.28. The molecule has 0 aliphatic carbocycles. The fourth-order valence-electron chi connectivity index (χ4n) is 2.90. The number of hydrogen-bond acceptors (Lipinski definition) is 6. The van der Waals surface area contributed by atoms with Crippen molar-refractivity contribution < 1.29 is 18.9 Å². The van der Waals surface area contributed by atoms with Gasteiger partial charge in [0, 0.05) is 11.6 Å². The molecule has 0 bridgehead atoms. The van der Waals surface area contributed by atoms with Crippen LogP contribution in [0.15, 0.2) is 52.9 Å². The first-order valence-electron chi connectivity index (χ1n) is 9.25. The van der Waals surface area contributed by atoms with Gasteiger partial charge in [-0.05, 0) is 36.1 Å². The first kappa shape index (κ1) is 20.3. The van der Waals surface area contributed by atoms with Gasteiger partial charge in [-0.15, -0.1) is 0 Å². The second-order valence-electron chi connectivity index (χ2n) is 7.52. The Kier molecular flexibility index (Phi) is 5.50. The van der Waals surface area contributed by atoms with Gasteiger partial charge in [0.05, 0.1) is 17.1 Å². The zero-order valence-electron chi connectivity index (χ0n) is 16.8. The molecule has 29 heavy (non-hydrogen) atoms. The number of esters is 1. The predicted octanol–water partition coefficient (Wildman–Crippen LogP) is 5.39. The van der Waals surface area contributed by atoms with E-state index in [2.05, 4.69) is 25.8 Å². The molecule has 0 atom stereocenters. The summed E-state index contributed by atoms with van der Waals surface area (Å²) >= 11 is 0. The van der Waals surface area contributed by atoms with Gasteiger partial charge in [-0.1, -0.05) is 45.0 Å². The van der Waals surface area contributed by atoms with E-state index in [1.807, 2.05) is 24.3 Å². The topological polar surface area (TPSA) is 95.5 Å². The Morgan fingerprint density at radius 3 is 2.38 bits per heavy atom. The second-order valence-corrected chi connectivity index (χ2v) is 7.52. The third-order valence-electron chi connectivity index (χ3n) is 4.44. The van der Waals surface area contributed by atoms with E-state index in [-0.39, 0.29) is 40.6 Å². The third kappa shape index (κ3) is 4.18. The van der Waals surface area contributed by atoms with Gasteiger partial charge in [-0.3, -0.25) is 10.1 Å². The van der Waals surface area contributed by atoms with E-state index in [0.29, 0.717) is 5.56 Å². The largest absolute Gasteiger partial charge is 0.461 e. The quantitative estimate of drug-likeness (QED) is 0.327. The van der Waals surface area contributed by atoms with Crippen molar-refractivity contribution in [2.24, 2.45) is 0 Å². The van der Waals surface area contributed by atoms with Crippen LogP contribution in [0.1, 0.15) is 43.7 Å². The molecule has 0 aliphatic rings. The Labute approximate surface area is 168 Å². The molecule has 1 heterocycles. The van der Waals surface area contributed by atoms with Crippen molar-refractivity contribution in [3.63, 3.8) is 0 Å². The van der Waals surface area contributed by atoms with E-state index >= 15 is 0 Å². The molecule has 3 rings (SSSR count). The monoisotopic (exact) mass is 394 g/mol. The molecule has 0 fully saturated rings. The summed E-state index contributed by atoms with van der Waals surface area (Å²) < 4.78 is 10.9. The maximum absolute atomic E-state index is 12.4. The molecule has 0 saturated heterocycles. The molecule has 0 N–H and O–H groups in total. The van der Waals surface area contributed by atoms with E-state index < -0.39 is 10.9 Å². The molecule has 0 radical (unpaired) electrons. The molecule has 2 aromatic carbocycles. The van der Waals surface area contributed by atoms with Crippen molar-refractivity contribution in [3.8, 4) is 22.8 Å². The number of benzene rings is 2. The molecule has 0 unspecified atom stereocenters. The molecule has 1 aromatic heterocycles. The van der Waals surface area contributed by atoms with Crippen molar-refractivity contribution in [2.75, 3.05) is 6.61 Å². The van der Waals surface area contributed by atoms with Crippen LogP contribution in [-0.2, 0) is 10.2 Å². The van der Waals surface area contributed by atoms with Crippen LogP contribution in [0, 0.1) is 10.1 Å². The number of aromatic nitrogens is 1. The molecule has 0 saturated carbocycles. The normalized spacial score (nSPS) is 11.3. The fraction of sp³-hybridized carbons (Fsp3) is 0.273. The molecule has 0 spiro atoms. The van der Waals surface area contributed by atoms with Crippen molar-refractivity contribution in [1.29, 1.82) is 0 Å². The highest BCUT2D eigenvalue weighted by atomic mass is 16.6. The molecule has 0 aliphatic heterocycles. The van der Waals surface area contributed by atoms with Crippen LogP contribution in [0.5, 0.6) is 0 Å². The smallest absolute Gasteiger partial charge is 0.361 e. The van der Waals surface area contributed by atoms with Gasteiger partial charge in [-0.25, -0.2) is 9.78 Å². The van der Waals surface area contributed by atoms with Crippen LogP contribution in [0.25, 0.3) is 22.8 Å².